The lowest BCUT2D eigenvalue weighted by Gasteiger charge is -2.11. The van der Waals surface area contributed by atoms with Crippen LogP contribution in [0.5, 0.6) is 23.0 Å². The lowest BCUT2D eigenvalue weighted by atomic mass is 9.99. The summed E-state index contributed by atoms with van der Waals surface area (Å²) >= 11 is 0. The van der Waals surface area contributed by atoms with E-state index in [0.717, 1.165) is 18.2 Å². The van der Waals surface area contributed by atoms with Crippen LogP contribution < -0.4 is 0 Å². The second-order valence-electron chi connectivity index (χ2n) is 4.14. The smallest absolute Gasteiger partial charge is 0.311 e. The number of carbonyl (C=O) groups excluding carboxylic acids is 1. The average molecular weight is 278 g/mol. The van der Waals surface area contributed by atoms with Crippen LogP contribution in [0.4, 0.5) is 0 Å². The van der Waals surface area contributed by atoms with Gasteiger partial charge in [0.15, 0.2) is 5.78 Å². The molecule has 0 saturated carbocycles. The second-order valence-corrected chi connectivity index (χ2v) is 4.14. The highest BCUT2D eigenvalue weighted by molar-refractivity contribution is 6.13. The molecule has 2 aromatic carbocycles. The van der Waals surface area contributed by atoms with Crippen molar-refractivity contribution in [2.45, 2.75) is 6.42 Å². The van der Waals surface area contributed by atoms with Crippen LogP contribution >= 0.6 is 0 Å². The van der Waals surface area contributed by atoms with Gasteiger partial charge in [0.1, 0.15) is 29.4 Å². The first-order valence-electron chi connectivity index (χ1n) is 5.47. The van der Waals surface area contributed by atoms with Gasteiger partial charge in [-0.3, -0.25) is 9.59 Å². The Hall–Kier alpha value is -2.96. The van der Waals surface area contributed by atoms with E-state index in [2.05, 4.69) is 0 Å². The number of rotatable bonds is 3. The third kappa shape index (κ3) is 2.05. The molecule has 7 nitrogen and oxygen atoms in total. The maximum Gasteiger partial charge on any atom is 0.311 e. The quantitative estimate of drug-likeness (QED) is 0.324. The molecule has 104 valence electrons. The zero-order valence-corrected chi connectivity index (χ0v) is 9.99. The van der Waals surface area contributed by atoms with Crippen LogP contribution in [0.2, 0.25) is 0 Å². The van der Waals surface area contributed by atoms with E-state index in [9.17, 15) is 30.0 Å². The van der Waals surface area contributed by atoms with E-state index < -0.39 is 46.7 Å². The zero-order valence-electron chi connectivity index (χ0n) is 9.99. The number of fused-ring (bicyclic) bond motifs is 1. The zero-order chi connectivity index (χ0) is 15.0. The van der Waals surface area contributed by atoms with Crippen molar-refractivity contribution < 1.29 is 35.1 Å². The minimum atomic E-state index is -1.39. The first kappa shape index (κ1) is 13.5. The molecule has 0 fully saturated rings. The highest BCUT2D eigenvalue weighted by Gasteiger charge is 2.22. The topological polar surface area (TPSA) is 135 Å². The van der Waals surface area contributed by atoms with Crippen molar-refractivity contribution in [3.8, 4) is 23.0 Å². The highest BCUT2D eigenvalue weighted by Crippen LogP contribution is 2.44. The fourth-order valence-electron chi connectivity index (χ4n) is 1.94. The molecule has 0 aromatic heterocycles. The maximum atomic E-state index is 11.7. The Morgan fingerprint density at radius 2 is 1.45 bits per heavy atom. The van der Waals surface area contributed by atoms with Crippen LogP contribution in [-0.2, 0) is 4.79 Å². The van der Waals surface area contributed by atoms with Crippen LogP contribution in [0.1, 0.15) is 16.8 Å². The molecule has 0 saturated heterocycles. The summed E-state index contributed by atoms with van der Waals surface area (Å²) in [5.41, 5.74) is -0.446. The SMILES string of the molecule is O=C(O)CC(=O)c1cc(O)c2c(O)ccc(O)c2c1O. The summed E-state index contributed by atoms with van der Waals surface area (Å²) in [5.74, 6) is -4.44. The number of benzene rings is 2. The van der Waals surface area contributed by atoms with E-state index in [1.807, 2.05) is 0 Å². The van der Waals surface area contributed by atoms with Crippen LogP contribution in [0, 0.1) is 0 Å². The van der Waals surface area contributed by atoms with Crippen molar-refractivity contribution in [1.29, 1.82) is 0 Å². The molecule has 0 aliphatic rings. The predicted octanol–water partition coefficient (Wildman–Crippen LogP) is 1.32. The summed E-state index contributed by atoms with van der Waals surface area (Å²) < 4.78 is 0. The summed E-state index contributed by atoms with van der Waals surface area (Å²) in [6, 6.07) is 3.03. The summed E-state index contributed by atoms with van der Waals surface area (Å²) in [5, 5.41) is 47.1. The molecule has 0 aliphatic carbocycles. The summed E-state index contributed by atoms with van der Waals surface area (Å²) in [7, 11) is 0. The minimum Gasteiger partial charge on any atom is -0.507 e. The number of carbonyl (C=O) groups is 2. The van der Waals surface area contributed by atoms with Crippen molar-refractivity contribution >= 4 is 22.5 Å². The first-order chi connectivity index (χ1) is 9.32. The van der Waals surface area contributed by atoms with Gasteiger partial charge in [-0.05, 0) is 18.2 Å². The Kier molecular flexibility index (Phi) is 3.11. The number of Topliss-reactive ketones (excluding diaryl/α,β-unsaturated/α-hetero) is 1. The lowest BCUT2D eigenvalue weighted by Crippen LogP contribution is -2.07. The van der Waals surface area contributed by atoms with Crippen LogP contribution in [-0.4, -0.2) is 37.3 Å². The van der Waals surface area contributed by atoms with Gasteiger partial charge in [0, 0.05) is 0 Å². The molecule has 0 amide bonds. The number of phenolic OH excluding ortho intramolecular Hbond substituents is 4. The summed E-state index contributed by atoms with van der Waals surface area (Å²) in [6.07, 6.45) is -0.877. The molecule has 0 unspecified atom stereocenters. The molecule has 0 spiro atoms. The molecular weight excluding hydrogens is 268 g/mol. The van der Waals surface area contributed by atoms with Crippen molar-refractivity contribution in [3.05, 3.63) is 23.8 Å². The number of hydrogen-bond donors (Lipinski definition) is 5. The standard InChI is InChI=1S/C13H10O7/c14-6-1-2-7(15)12-11(6)9(17)3-5(13(12)20)8(16)4-10(18)19/h1-3,14-15,17,20H,4H2,(H,18,19). The first-order valence-corrected chi connectivity index (χ1v) is 5.47. The number of phenols is 4. The summed E-state index contributed by atoms with van der Waals surface area (Å²) in [6.45, 7) is 0. The molecule has 20 heavy (non-hydrogen) atoms. The Morgan fingerprint density at radius 1 is 0.900 bits per heavy atom. The molecule has 5 N–H and O–H groups in total. The van der Waals surface area contributed by atoms with Crippen molar-refractivity contribution in [2.75, 3.05) is 0 Å². The van der Waals surface area contributed by atoms with Crippen LogP contribution in [0.15, 0.2) is 18.2 Å². The molecule has 2 rings (SSSR count). The van der Waals surface area contributed by atoms with E-state index in [1.54, 1.807) is 0 Å². The summed E-state index contributed by atoms with van der Waals surface area (Å²) in [4.78, 5) is 22.2. The number of aromatic hydroxyl groups is 4. The van der Waals surface area contributed by atoms with Gasteiger partial charge in [0.25, 0.3) is 0 Å². The molecule has 0 radical (unpaired) electrons. The average Bonchev–Trinajstić information content (AvgIpc) is 2.35. The fraction of sp³-hybridized carbons (Fsp3) is 0.0769. The van der Waals surface area contributed by atoms with Crippen LogP contribution in [0.25, 0.3) is 10.8 Å². The van der Waals surface area contributed by atoms with Gasteiger partial charge in [-0.15, -0.1) is 0 Å². The van der Waals surface area contributed by atoms with Gasteiger partial charge in [0.05, 0.1) is 16.3 Å². The maximum absolute atomic E-state index is 11.7. The third-order valence-corrected chi connectivity index (χ3v) is 2.80. The Balaban J connectivity index is 2.78. The van der Waals surface area contributed by atoms with E-state index in [0.29, 0.717) is 0 Å². The largest absolute Gasteiger partial charge is 0.507 e. The molecule has 0 aliphatic heterocycles. The number of hydrogen-bond acceptors (Lipinski definition) is 6. The second kappa shape index (κ2) is 4.61. The van der Waals surface area contributed by atoms with Crippen LogP contribution in [0.3, 0.4) is 0 Å². The van der Waals surface area contributed by atoms with E-state index in [-0.39, 0.29) is 10.8 Å². The van der Waals surface area contributed by atoms with Crippen molar-refractivity contribution in [3.63, 3.8) is 0 Å². The van der Waals surface area contributed by atoms with E-state index in [4.69, 9.17) is 5.11 Å². The highest BCUT2D eigenvalue weighted by atomic mass is 16.4. The van der Waals surface area contributed by atoms with Gasteiger partial charge in [-0.25, -0.2) is 0 Å². The molecule has 0 atom stereocenters. The molecule has 0 bridgehead atoms. The van der Waals surface area contributed by atoms with Gasteiger partial charge < -0.3 is 25.5 Å². The van der Waals surface area contributed by atoms with E-state index in [1.165, 1.54) is 0 Å². The van der Waals surface area contributed by atoms with Gasteiger partial charge in [-0.1, -0.05) is 0 Å². The van der Waals surface area contributed by atoms with E-state index >= 15 is 0 Å². The predicted molar refractivity (Wildman–Crippen MR) is 67.2 cm³/mol. The Morgan fingerprint density at radius 3 is 2.00 bits per heavy atom. The normalized spacial score (nSPS) is 10.6. The van der Waals surface area contributed by atoms with Gasteiger partial charge >= 0.3 is 5.97 Å². The Labute approximate surface area is 112 Å². The Bertz CT molecular complexity index is 733. The number of aliphatic carboxylic acids is 1. The lowest BCUT2D eigenvalue weighted by molar-refractivity contribution is -0.135. The fourth-order valence-corrected chi connectivity index (χ4v) is 1.94. The van der Waals surface area contributed by atoms with Gasteiger partial charge in [0.2, 0.25) is 0 Å². The number of carboxylic acid groups (broad SMARTS) is 1. The third-order valence-electron chi connectivity index (χ3n) is 2.80. The monoisotopic (exact) mass is 278 g/mol. The molecule has 0 heterocycles. The number of ketones is 1. The molecular formula is C13H10O7. The van der Waals surface area contributed by atoms with Crippen molar-refractivity contribution in [2.24, 2.45) is 0 Å². The van der Waals surface area contributed by atoms with Gasteiger partial charge in [-0.2, -0.15) is 0 Å². The number of carboxylic acids is 1. The molecule has 2 aromatic rings. The molecule has 7 heteroatoms. The minimum absolute atomic E-state index is 0.227. The van der Waals surface area contributed by atoms with Crippen molar-refractivity contribution in [1.82, 2.24) is 0 Å².